The molecule has 0 saturated carbocycles. The summed E-state index contributed by atoms with van der Waals surface area (Å²) < 4.78 is 5.49. The highest BCUT2D eigenvalue weighted by atomic mass is 16.5. The SMILES string of the molecule is Cc1ccc(C)c(OCC(C)(CO)C(=O)O)c1. The Bertz CT molecular complexity index is 414. The fraction of sp³-hybridized carbons (Fsp3) is 0.462. The molecule has 94 valence electrons. The number of hydrogen-bond donors (Lipinski definition) is 2. The average molecular weight is 238 g/mol. The Balaban J connectivity index is 2.79. The fourth-order valence-corrected chi connectivity index (χ4v) is 1.27. The van der Waals surface area contributed by atoms with Gasteiger partial charge in [0, 0.05) is 0 Å². The Kier molecular flexibility index (Phi) is 4.12. The summed E-state index contributed by atoms with van der Waals surface area (Å²) in [6.45, 7) is 4.79. The second-order valence-corrected chi connectivity index (χ2v) is 4.58. The van der Waals surface area contributed by atoms with Crippen molar-refractivity contribution < 1.29 is 19.7 Å². The highest BCUT2D eigenvalue weighted by Gasteiger charge is 2.33. The van der Waals surface area contributed by atoms with Crippen molar-refractivity contribution in [2.24, 2.45) is 5.41 Å². The number of hydrogen-bond acceptors (Lipinski definition) is 3. The van der Waals surface area contributed by atoms with Crippen molar-refractivity contribution in [3.63, 3.8) is 0 Å². The van der Waals surface area contributed by atoms with Gasteiger partial charge in [0.15, 0.2) is 0 Å². The van der Waals surface area contributed by atoms with E-state index < -0.39 is 18.0 Å². The van der Waals surface area contributed by atoms with Gasteiger partial charge in [-0.05, 0) is 38.0 Å². The van der Waals surface area contributed by atoms with E-state index in [0.717, 1.165) is 11.1 Å². The minimum Gasteiger partial charge on any atom is -0.492 e. The van der Waals surface area contributed by atoms with Crippen LogP contribution in [-0.2, 0) is 4.79 Å². The predicted octanol–water partition coefficient (Wildman–Crippen LogP) is 1.77. The van der Waals surface area contributed by atoms with Crippen molar-refractivity contribution in [3.8, 4) is 5.75 Å². The lowest BCUT2D eigenvalue weighted by atomic mass is 9.93. The van der Waals surface area contributed by atoms with Gasteiger partial charge >= 0.3 is 5.97 Å². The molecule has 1 atom stereocenters. The molecule has 1 unspecified atom stereocenters. The molecule has 0 bridgehead atoms. The molecule has 0 aliphatic heterocycles. The summed E-state index contributed by atoms with van der Waals surface area (Å²) in [4.78, 5) is 11.0. The van der Waals surface area contributed by atoms with Gasteiger partial charge in [0.2, 0.25) is 0 Å². The second-order valence-electron chi connectivity index (χ2n) is 4.58. The van der Waals surface area contributed by atoms with Crippen LogP contribution in [0.2, 0.25) is 0 Å². The standard InChI is InChI=1S/C13H18O4/c1-9-4-5-10(2)11(6-9)17-8-13(3,7-14)12(15)16/h4-6,14H,7-8H2,1-3H3,(H,15,16). The normalized spacial score (nSPS) is 14.1. The van der Waals surface area contributed by atoms with E-state index in [0.29, 0.717) is 5.75 Å². The summed E-state index contributed by atoms with van der Waals surface area (Å²) in [6.07, 6.45) is 0. The molecule has 0 aliphatic rings. The van der Waals surface area contributed by atoms with Crippen LogP contribution in [0.3, 0.4) is 0 Å². The lowest BCUT2D eigenvalue weighted by molar-refractivity contribution is -0.152. The van der Waals surface area contributed by atoms with Crippen LogP contribution in [0, 0.1) is 19.3 Å². The maximum Gasteiger partial charge on any atom is 0.315 e. The summed E-state index contributed by atoms with van der Waals surface area (Å²) in [5.41, 5.74) is 0.726. The predicted molar refractivity (Wildman–Crippen MR) is 64.2 cm³/mol. The van der Waals surface area contributed by atoms with Crippen LogP contribution in [-0.4, -0.2) is 29.4 Å². The molecule has 0 saturated heterocycles. The molecule has 0 amide bonds. The minimum absolute atomic E-state index is 0.0525. The summed E-state index contributed by atoms with van der Waals surface area (Å²) in [6, 6.07) is 5.74. The Morgan fingerprint density at radius 1 is 1.41 bits per heavy atom. The number of rotatable bonds is 5. The third-order valence-electron chi connectivity index (χ3n) is 2.76. The molecule has 4 nitrogen and oxygen atoms in total. The lowest BCUT2D eigenvalue weighted by Crippen LogP contribution is -2.37. The summed E-state index contributed by atoms with van der Waals surface area (Å²) in [5.74, 6) is -0.406. The highest BCUT2D eigenvalue weighted by Crippen LogP contribution is 2.23. The molecular weight excluding hydrogens is 220 g/mol. The van der Waals surface area contributed by atoms with E-state index in [1.807, 2.05) is 32.0 Å². The molecule has 17 heavy (non-hydrogen) atoms. The zero-order chi connectivity index (χ0) is 13.1. The Labute approximate surface area is 101 Å². The number of aryl methyl sites for hydroxylation is 2. The molecular formula is C13H18O4. The zero-order valence-corrected chi connectivity index (χ0v) is 10.4. The Morgan fingerprint density at radius 2 is 2.06 bits per heavy atom. The van der Waals surface area contributed by atoms with Gasteiger partial charge in [-0.25, -0.2) is 0 Å². The number of carboxylic acid groups (broad SMARTS) is 1. The Morgan fingerprint density at radius 3 is 2.59 bits per heavy atom. The Hall–Kier alpha value is -1.55. The van der Waals surface area contributed by atoms with E-state index in [9.17, 15) is 4.79 Å². The second kappa shape index (κ2) is 5.19. The molecule has 2 N–H and O–H groups in total. The number of aliphatic carboxylic acids is 1. The van der Waals surface area contributed by atoms with Crippen molar-refractivity contribution in [2.45, 2.75) is 20.8 Å². The number of aliphatic hydroxyl groups is 1. The monoisotopic (exact) mass is 238 g/mol. The average Bonchev–Trinajstić information content (AvgIpc) is 2.29. The van der Waals surface area contributed by atoms with Gasteiger partial charge in [-0.3, -0.25) is 4.79 Å². The van der Waals surface area contributed by atoms with Crippen molar-refractivity contribution in [2.75, 3.05) is 13.2 Å². The van der Waals surface area contributed by atoms with Crippen LogP contribution >= 0.6 is 0 Å². The summed E-state index contributed by atoms with van der Waals surface area (Å²) >= 11 is 0. The third kappa shape index (κ3) is 3.20. The highest BCUT2D eigenvalue weighted by molar-refractivity contribution is 5.74. The van der Waals surface area contributed by atoms with Crippen molar-refractivity contribution in [1.82, 2.24) is 0 Å². The van der Waals surface area contributed by atoms with Crippen LogP contribution in [0.5, 0.6) is 5.75 Å². The number of benzene rings is 1. The van der Waals surface area contributed by atoms with E-state index in [1.165, 1.54) is 6.92 Å². The van der Waals surface area contributed by atoms with Crippen LogP contribution in [0.25, 0.3) is 0 Å². The van der Waals surface area contributed by atoms with E-state index in [1.54, 1.807) is 0 Å². The third-order valence-corrected chi connectivity index (χ3v) is 2.76. The summed E-state index contributed by atoms with van der Waals surface area (Å²) in [7, 11) is 0. The smallest absolute Gasteiger partial charge is 0.315 e. The van der Waals surface area contributed by atoms with E-state index >= 15 is 0 Å². The zero-order valence-electron chi connectivity index (χ0n) is 10.4. The van der Waals surface area contributed by atoms with Crippen molar-refractivity contribution in [3.05, 3.63) is 29.3 Å². The van der Waals surface area contributed by atoms with Gasteiger partial charge in [-0.2, -0.15) is 0 Å². The first kappa shape index (κ1) is 13.5. The van der Waals surface area contributed by atoms with Gasteiger partial charge in [0.25, 0.3) is 0 Å². The van der Waals surface area contributed by atoms with Gasteiger partial charge in [-0.1, -0.05) is 12.1 Å². The molecule has 0 radical (unpaired) electrons. The minimum atomic E-state index is -1.27. The molecule has 1 aromatic carbocycles. The van der Waals surface area contributed by atoms with E-state index in [-0.39, 0.29) is 6.61 Å². The van der Waals surface area contributed by atoms with Gasteiger partial charge in [0.05, 0.1) is 6.61 Å². The van der Waals surface area contributed by atoms with Gasteiger partial charge in [0.1, 0.15) is 17.8 Å². The molecule has 1 aromatic rings. The molecule has 0 heterocycles. The largest absolute Gasteiger partial charge is 0.492 e. The maximum atomic E-state index is 11.0. The van der Waals surface area contributed by atoms with Gasteiger partial charge in [-0.15, -0.1) is 0 Å². The van der Waals surface area contributed by atoms with Crippen molar-refractivity contribution in [1.29, 1.82) is 0 Å². The fourth-order valence-electron chi connectivity index (χ4n) is 1.27. The molecule has 0 aromatic heterocycles. The topological polar surface area (TPSA) is 66.8 Å². The van der Waals surface area contributed by atoms with Crippen molar-refractivity contribution >= 4 is 5.97 Å². The molecule has 1 rings (SSSR count). The lowest BCUT2D eigenvalue weighted by Gasteiger charge is -2.22. The molecule has 0 spiro atoms. The number of carboxylic acids is 1. The van der Waals surface area contributed by atoms with Crippen LogP contribution in [0.4, 0.5) is 0 Å². The number of ether oxygens (including phenoxy) is 1. The number of aliphatic hydroxyl groups excluding tert-OH is 1. The van der Waals surface area contributed by atoms with Gasteiger partial charge < -0.3 is 14.9 Å². The first-order valence-electron chi connectivity index (χ1n) is 5.43. The van der Waals surface area contributed by atoms with Crippen LogP contribution < -0.4 is 4.74 Å². The number of carbonyl (C=O) groups is 1. The van der Waals surface area contributed by atoms with Crippen LogP contribution in [0.15, 0.2) is 18.2 Å². The van der Waals surface area contributed by atoms with Crippen LogP contribution in [0.1, 0.15) is 18.1 Å². The molecule has 0 aliphatic carbocycles. The quantitative estimate of drug-likeness (QED) is 0.820. The van der Waals surface area contributed by atoms with E-state index in [2.05, 4.69) is 0 Å². The first-order valence-corrected chi connectivity index (χ1v) is 5.43. The summed E-state index contributed by atoms with van der Waals surface area (Å²) in [5, 5.41) is 18.1. The molecule has 0 fully saturated rings. The molecule has 4 heteroatoms. The first-order chi connectivity index (χ1) is 7.89. The maximum absolute atomic E-state index is 11.0. The van der Waals surface area contributed by atoms with E-state index in [4.69, 9.17) is 14.9 Å².